The zero-order chi connectivity index (χ0) is 16.1. The molecule has 2 atom stereocenters. The second-order valence-corrected chi connectivity index (χ2v) is 5.95. The molecule has 2 rings (SSSR count). The molecule has 5 nitrogen and oxygen atoms in total. The number of likely N-dealkylation sites (tertiary alicyclic amines) is 1. The predicted molar refractivity (Wildman–Crippen MR) is 86.3 cm³/mol. The number of benzene rings is 1. The number of carbonyl (C=O) groups excluding carboxylic acids is 1. The van der Waals surface area contributed by atoms with Gasteiger partial charge in [-0.25, -0.2) is 0 Å². The highest BCUT2D eigenvalue weighted by molar-refractivity contribution is 5.79. The lowest BCUT2D eigenvalue weighted by molar-refractivity contribution is -0.127. The number of rotatable bonds is 5. The summed E-state index contributed by atoms with van der Waals surface area (Å²) in [5.41, 5.74) is 1.01. The fourth-order valence-corrected chi connectivity index (χ4v) is 2.92. The molecule has 1 aromatic rings. The molecule has 1 amide bonds. The van der Waals surface area contributed by atoms with Gasteiger partial charge >= 0.3 is 0 Å². The van der Waals surface area contributed by atoms with Crippen molar-refractivity contribution in [3.05, 3.63) is 23.8 Å². The Kier molecular flexibility index (Phi) is 5.66. The Hall–Kier alpha value is -1.75. The van der Waals surface area contributed by atoms with Crippen molar-refractivity contribution in [2.24, 2.45) is 5.92 Å². The molecule has 122 valence electrons. The van der Waals surface area contributed by atoms with Gasteiger partial charge in [0.2, 0.25) is 5.91 Å². The summed E-state index contributed by atoms with van der Waals surface area (Å²) in [5, 5.41) is 3.11. The van der Waals surface area contributed by atoms with Crippen LogP contribution in [0.2, 0.25) is 0 Å². The summed E-state index contributed by atoms with van der Waals surface area (Å²) in [4.78, 5) is 14.6. The molecule has 0 spiro atoms. The van der Waals surface area contributed by atoms with Gasteiger partial charge in [0, 0.05) is 6.54 Å². The lowest BCUT2D eigenvalue weighted by atomic mass is 9.97. The van der Waals surface area contributed by atoms with E-state index in [2.05, 4.69) is 17.3 Å². The third-order valence-electron chi connectivity index (χ3n) is 4.26. The Morgan fingerprint density at radius 2 is 2.05 bits per heavy atom. The molecule has 1 heterocycles. The quantitative estimate of drug-likeness (QED) is 0.906. The molecule has 0 aliphatic carbocycles. The fourth-order valence-electron chi connectivity index (χ4n) is 2.92. The van der Waals surface area contributed by atoms with Crippen LogP contribution in [0.3, 0.4) is 0 Å². The number of ether oxygens (including phenoxy) is 2. The zero-order valence-corrected chi connectivity index (χ0v) is 13.9. The molecule has 0 aromatic heterocycles. The zero-order valence-electron chi connectivity index (χ0n) is 13.9. The van der Waals surface area contributed by atoms with E-state index >= 15 is 0 Å². The van der Waals surface area contributed by atoms with Gasteiger partial charge in [-0.3, -0.25) is 4.79 Å². The van der Waals surface area contributed by atoms with Crippen LogP contribution in [-0.4, -0.2) is 45.2 Å². The van der Waals surface area contributed by atoms with Crippen molar-refractivity contribution >= 4 is 5.91 Å². The second kappa shape index (κ2) is 7.49. The summed E-state index contributed by atoms with van der Waals surface area (Å²) in [6.07, 6.45) is 2.05. The van der Waals surface area contributed by atoms with Crippen LogP contribution in [0, 0.1) is 5.92 Å². The van der Waals surface area contributed by atoms with Crippen molar-refractivity contribution in [1.82, 2.24) is 10.2 Å². The first-order chi connectivity index (χ1) is 10.5. The highest BCUT2D eigenvalue weighted by atomic mass is 16.5. The lowest BCUT2D eigenvalue weighted by Crippen LogP contribution is -2.42. The molecule has 1 saturated heterocycles. The Balaban J connectivity index is 2.02. The number of hydrogen-bond donors (Lipinski definition) is 1. The Bertz CT molecular complexity index is 519. The first-order valence-corrected chi connectivity index (χ1v) is 7.76. The Morgan fingerprint density at radius 1 is 1.32 bits per heavy atom. The van der Waals surface area contributed by atoms with Crippen molar-refractivity contribution < 1.29 is 14.3 Å². The topological polar surface area (TPSA) is 50.8 Å². The highest BCUT2D eigenvalue weighted by Gasteiger charge is 2.25. The number of nitrogens with zero attached hydrogens (tertiary/aromatic N) is 1. The van der Waals surface area contributed by atoms with Crippen LogP contribution in [0.4, 0.5) is 0 Å². The predicted octanol–water partition coefficient (Wildman–Crippen LogP) is 2.22. The average molecular weight is 306 g/mol. The molecule has 1 aromatic carbocycles. The number of piperidine rings is 1. The van der Waals surface area contributed by atoms with E-state index < -0.39 is 0 Å². The van der Waals surface area contributed by atoms with Crippen LogP contribution in [0.25, 0.3) is 0 Å². The number of carbonyl (C=O) groups is 1. The monoisotopic (exact) mass is 306 g/mol. The van der Waals surface area contributed by atoms with Gasteiger partial charge in [-0.2, -0.15) is 0 Å². The van der Waals surface area contributed by atoms with Crippen LogP contribution in [-0.2, 0) is 4.79 Å². The van der Waals surface area contributed by atoms with Crippen LogP contribution < -0.4 is 14.8 Å². The number of nitrogens with one attached hydrogen (secondary N) is 1. The van der Waals surface area contributed by atoms with Crippen molar-refractivity contribution in [2.45, 2.75) is 25.8 Å². The van der Waals surface area contributed by atoms with Gasteiger partial charge in [0.05, 0.1) is 26.2 Å². The normalized spacial score (nSPS) is 20.3. The van der Waals surface area contributed by atoms with Crippen molar-refractivity contribution in [3.8, 4) is 11.5 Å². The molecule has 1 aliphatic rings. The number of amides is 1. The van der Waals surface area contributed by atoms with E-state index in [0.717, 1.165) is 31.5 Å². The minimum Gasteiger partial charge on any atom is -0.493 e. The summed E-state index contributed by atoms with van der Waals surface area (Å²) < 4.78 is 10.6. The van der Waals surface area contributed by atoms with Gasteiger partial charge in [-0.1, -0.05) is 6.07 Å². The van der Waals surface area contributed by atoms with Crippen LogP contribution in [0.1, 0.15) is 31.4 Å². The molecular weight excluding hydrogens is 280 g/mol. The van der Waals surface area contributed by atoms with Crippen LogP contribution >= 0.6 is 0 Å². The summed E-state index contributed by atoms with van der Waals surface area (Å²) in [6.45, 7) is 3.91. The van der Waals surface area contributed by atoms with E-state index in [-0.39, 0.29) is 17.9 Å². The fraction of sp³-hybridized carbons (Fsp3) is 0.588. The highest BCUT2D eigenvalue weighted by Crippen LogP contribution is 2.30. The Labute approximate surface area is 132 Å². The van der Waals surface area contributed by atoms with Crippen molar-refractivity contribution in [3.63, 3.8) is 0 Å². The van der Waals surface area contributed by atoms with Gasteiger partial charge in [-0.05, 0) is 51.1 Å². The smallest absolute Gasteiger partial charge is 0.224 e. The minimum atomic E-state index is -0.0560. The molecule has 0 bridgehead atoms. The third-order valence-corrected chi connectivity index (χ3v) is 4.26. The second-order valence-electron chi connectivity index (χ2n) is 5.95. The SMILES string of the molecule is COc1ccc([C@@H](C)NC(=O)[C@@H]2CCCN(C)C2)cc1OC. The van der Waals surface area contributed by atoms with E-state index in [4.69, 9.17) is 9.47 Å². The molecule has 1 N–H and O–H groups in total. The third kappa shape index (κ3) is 3.91. The van der Waals surface area contributed by atoms with Crippen LogP contribution in [0.5, 0.6) is 11.5 Å². The summed E-state index contributed by atoms with van der Waals surface area (Å²) in [5.74, 6) is 1.59. The Morgan fingerprint density at radius 3 is 2.68 bits per heavy atom. The minimum absolute atomic E-state index is 0.0560. The van der Waals surface area contributed by atoms with Gasteiger partial charge in [0.15, 0.2) is 11.5 Å². The molecule has 22 heavy (non-hydrogen) atoms. The van der Waals surface area contributed by atoms with Crippen molar-refractivity contribution in [1.29, 1.82) is 0 Å². The van der Waals surface area contributed by atoms with E-state index in [1.165, 1.54) is 0 Å². The molecular formula is C17H26N2O3. The maximum Gasteiger partial charge on any atom is 0.224 e. The molecule has 0 unspecified atom stereocenters. The van der Waals surface area contributed by atoms with Crippen LogP contribution in [0.15, 0.2) is 18.2 Å². The van der Waals surface area contributed by atoms with Gasteiger partial charge < -0.3 is 19.7 Å². The van der Waals surface area contributed by atoms with Gasteiger partial charge in [0.1, 0.15) is 0 Å². The molecule has 0 radical (unpaired) electrons. The number of hydrogen-bond acceptors (Lipinski definition) is 4. The van der Waals surface area contributed by atoms with Crippen molar-refractivity contribution in [2.75, 3.05) is 34.4 Å². The maximum absolute atomic E-state index is 12.4. The molecule has 5 heteroatoms. The summed E-state index contributed by atoms with van der Waals surface area (Å²) in [6, 6.07) is 5.68. The van der Waals surface area contributed by atoms with E-state index in [1.54, 1.807) is 14.2 Å². The lowest BCUT2D eigenvalue weighted by Gasteiger charge is -2.29. The summed E-state index contributed by atoms with van der Waals surface area (Å²) in [7, 11) is 5.29. The van der Waals surface area contributed by atoms with E-state index in [0.29, 0.717) is 11.5 Å². The summed E-state index contributed by atoms with van der Waals surface area (Å²) >= 11 is 0. The van der Waals surface area contributed by atoms with Gasteiger partial charge in [-0.15, -0.1) is 0 Å². The molecule has 1 aliphatic heterocycles. The average Bonchev–Trinajstić information content (AvgIpc) is 2.54. The first kappa shape index (κ1) is 16.6. The van der Waals surface area contributed by atoms with E-state index in [1.807, 2.05) is 25.1 Å². The number of methoxy groups -OCH3 is 2. The standard InChI is InChI=1S/C17H26N2O3/c1-12(13-7-8-15(21-3)16(10-13)22-4)18-17(20)14-6-5-9-19(2)11-14/h7-8,10,12,14H,5-6,9,11H2,1-4H3,(H,18,20)/t12-,14-/m1/s1. The first-order valence-electron chi connectivity index (χ1n) is 7.76. The van der Waals surface area contributed by atoms with Gasteiger partial charge in [0.25, 0.3) is 0 Å². The maximum atomic E-state index is 12.4. The molecule has 1 fully saturated rings. The van der Waals surface area contributed by atoms with E-state index in [9.17, 15) is 4.79 Å². The largest absolute Gasteiger partial charge is 0.493 e. The molecule has 0 saturated carbocycles.